The molecule has 3 aromatic heterocycles. The molecule has 0 amide bonds. The number of H-pyrrole nitrogens is 1. The number of hydrogen-bond donors (Lipinski definition) is 3. The van der Waals surface area contributed by atoms with Crippen LogP contribution in [0.2, 0.25) is 0 Å². The summed E-state index contributed by atoms with van der Waals surface area (Å²) in [7, 11) is 1.56. The van der Waals surface area contributed by atoms with Crippen molar-refractivity contribution >= 4 is 28.0 Å². The summed E-state index contributed by atoms with van der Waals surface area (Å²) in [4.78, 5) is 12.4. The molecule has 1 aromatic carbocycles. The van der Waals surface area contributed by atoms with Gasteiger partial charge >= 0.3 is 0 Å². The van der Waals surface area contributed by atoms with E-state index in [1.807, 2.05) is 6.07 Å². The van der Waals surface area contributed by atoms with Crippen LogP contribution in [0, 0.1) is 11.3 Å². The van der Waals surface area contributed by atoms with Gasteiger partial charge in [-0.3, -0.25) is 0 Å². The second-order valence-electron chi connectivity index (χ2n) is 9.52. The fraction of sp³-hybridized carbons (Fsp3) is 0.478. The predicted molar refractivity (Wildman–Crippen MR) is 122 cm³/mol. The smallest absolute Gasteiger partial charge is 0.258 e. The van der Waals surface area contributed by atoms with Crippen molar-refractivity contribution in [1.29, 1.82) is 0 Å². The molecule has 0 radical (unpaired) electrons. The van der Waals surface area contributed by atoms with Gasteiger partial charge in [-0.25, -0.2) is 13.5 Å². The molecule has 0 aliphatic heterocycles. The van der Waals surface area contributed by atoms with Gasteiger partial charge in [-0.2, -0.15) is 9.97 Å². The number of nitrogens with zero attached hydrogens (tertiary/aromatic N) is 5. The molecule has 178 valence electrons. The van der Waals surface area contributed by atoms with Crippen molar-refractivity contribution in [2.24, 2.45) is 11.3 Å². The van der Waals surface area contributed by atoms with Crippen molar-refractivity contribution in [1.82, 2.24) is 29.9 Å². The lowest BCUT2D eigenvalue weighted by molar-refractivity contribution is 0.122. The Morgan fingerprint density at radius 2 is 2.21 bits per heavy atom. The van der Waals surface area contributed by atoms with Gasteiger partial charge < -0.3 is 20.1 Å². The van der Waals surface area contributed by atoms with Crippen LogP contribution < -0.4 is 10.1 Å². The van der Waals surface area contributed by atoms with Crippen LogP contribution in [0.3, 0.4) is 0 Å². The number of rotatable bonds is 6. The Bertz CT molecular complexity index is 1390. The summed E-state index contributed by atoms with van der Waals surface area (Å²) in [6.45, 7) is 1.63. The maximum absolute atomic E-state index is 12.9. The van der Waals surface area contributed by atoms with Crippen LogP contribution in [0.15, 0.2) is 24.4 Å². The zero-order chi connectivity index (χ0) is 23.6. The molecule has 0 bridgehead atoms. The minimum absolute atomic E-state index is 0.0658. The van der Waals surface area contributed by atoms with Gasteiger partial charge in [0.1, 0.15) is 17.7 Å². The second-order valence-corrected chi connectivity index (χ2v) is 9.52. The zero-order valence-electron chi connectivity index (χ0n) is 18.8. The Kier molecular flexibility index (Phi) is 4.73. The van der Waals surface area contributed by atoms with E-state index in [0.29, 0.717) is 39.8 Å². The van der Waals surface area contributed by atoms with E-state index in [0.717, 1.165) is 30.4 Å². The molecule has 3 heterocycles. The fourth-order valence-electron chi connectivity index (χ4n) is 5.43. The molecule has 34 heavy (non-hydrogen) atoms. The van der Waals surface area contributed by atoms with Crippen molar-refractivity contribution in [3.63, 3.8) is 0 Å². The highest BCUT2D eigenvalue weighted by molar-refractivity contribution is 5.99. The molecule has 4 atom stereocenters. The maximum atomic E-state index is 12.9. The van der Waals surface area contributed by atoms with Crippen LogP contribution >= 0.6 is 0 Å². The van der Waals surface area contributed by atoms with Gasteiger partial charge in [0, 0.05) is 17.8 Å². The number of anilines is 1. The second kappa shape index (κ2) is 7.59. The minimum Gasteiger partial charge on any atom is -0.480 e. The molecule has 1 unspecified atom stereocenters. The van der Waals surface area contributed by atoms with Gasteiger partial charge in [-0.05, 0) is 48.3 Å². The Morgan fingerprint density at radius 1 is 1.35 bits per heavy atom. The van der Waals surface area contributed by atoms with Gasteiger partial charge in [-0.15, -0.1) is 5.10 Å². The van der Waals surface area contributed by atoms with Crippen LogP contribution in [0.4, 0.5) is 14.7 Å². The van der Waals surface area contributed by atoms with Gasteiger partial charge in [0.2, 0.25) is 11.8 Å². The Balaban J connectivity index is 1.33. The number of aliphatic hydroxyl groups is 1. The van der Waals surface area contributed by atoms with Crippen molar-refractivity contribution in [2.45, 2.75) is 51.3 Å². The van der Waals surface area contributed by atoms with Crippen LogP contribution in [-0.2, 0) is 6.54 Å². The summed E-state index contributed by atoms with van der Waals surface area (Å²) in [5.74, 6) is 1.20. The molecule has 9 nitrogen and oxygen atoms in total. The average molecular weight is 469 g/mol. The van der Waals surface area contributed by atoms with Gasteiger partial charge in [0.15, 0.2) is 0 Å². The lowest BCUT2D eigenvalue weighted by Gasteiger charge is -2.26. The molecule has 6 rings (SSSR count). The molecular weight excluding hydrogens is 444 g/mol. The highest BCUT2D eigenvalue weighted by Crippen LogP contribution is 2.61. The largest absolute Gasteiger partial charge is 0.480 e. The first kappa shape index (κ1) is 21.2. The Morgan fingerprint density at radius 3 is 2.97 bits per heavy atom. The number of aromatic nitrogens is 6. The maximum Gasteiger partial charge on any atom is 0.258 e. The number of aliphatic hydroxyl groups excluding tert-OH is 1. The van der Waals surface area contributed by atoms with Crippen molar-refractivity contribution in [3.8, 4) is 17.0 Å². The summed E-state index contributed by atoms with van der Waals surface area (Å²) in [6, 6.07) is 5.59. The van der Waals surface area contributed by atoms with E-state index >= 15 is 0 Å². The van der Waals surface area contributed by atoms with E-state index in [2.05, 4.69) is 37.5 Å². The number of halogens is 2. The molecule has 0 spiro atoms. The number of alkyl halides is 2. The highest BCUT2D eigenvalue weighted by atomic mass is 19.3. The van der Waals surface area contributed by atoms with Crippen LogP contribution in [0.5, 0.6) is 5.88 Å². The molecule has 2 aliphatic carbocycles. The summed E-state index contributed by atoms with van der Waals surface area (Å²) < 4.78 is 32.7. The number of fused-ring (bicyclic) bond motifs is 3. The molecule has 2 fully saturated rings. The standard InChI is InChI=1S/C23H25F2N7O2/c1-23-6-5-12(8-14(23)19(23)33)27-22-28-20-18(21(29-22)34-2)13(9-26-20)11-3-4-15-16(7-11)32(31-30-15)10-17(24)25/h3-4,7,9,12,14,17,19,33H,5-6,8,10H2,1-2H3,(H2,26,27,28,29)/t12-,14?,19+,23-/m0/s1. The van der Waals surface area contributed by atoms with E-state index in [1.165, 1.54) is 4.68 Å². The molecule has 11 heteroatoms. The normalized spacial score (nSPS) is 26.2. The predicted octanol–water partition coefficient (Wildman–Crippen LogP) is 3.60. The van der Waals surface area contributed by atoms with Gasteiger partial charge in [0.05, 0.1) is 24.1 Å². The number of hydrogen-bond acceptors (Lipinski definition) is 7. The summed E-state index contributed by atoms with van der Waals surface area (Å²) in [5.41, 5.74) is 3.32. The first-order valence-electron chi connectivity index (χ1n) is 11.4. The third kappa shape index (κ3) is 3.29. The number of ether oxygens (including phenoxy) is 1. The Labute approximate surface area is 193 Å². The third-order valence-corrected chi connectivity index (χ3v) is 7.53. The molecule has 4 aromatic rings. The van der Waals surface area contributed by atoms with Gasteiger partial charge in [0.25, 0.3) is 6.43 Å². The number of methoxy groups -OCH3 is 1. The number of benzene rings is 1. The van der Waals surface area contributed by atoms with Crippen molar-refractivity contribution in [2.75, 3.05) is 12.4 Å². The number of aromatic amines is 1. The van der Waals surface area contributed by atoms with E-state index in [-0.39, 0.29) is 17.6 Å². The Hall–Kier alpha value is -3.34. The average Bonchev–Trinajstić information content (AvgIpc) is 3.17. The van der Waals surface area contributed by atoms with Crippen LogP contribution in [0.1, 0.15) is 26.2 Å². The zero-order valence-corrected chi connectivity index (χ0v) is 18.8. The first-order chi connectivity index (χ1) is 16.4. The quantitative estimate of drug-likeness (QED) is 0.395. The molecule has 2 aliphatic rings. The lowest BCUT2D eigenvalue weighted by atomic mass is 9.87. The third-order valence-electron chi connectivity index (χ3n) is 7.53. The van der Waals surface area contributed by atoms with Crippen molar-refractivity contribution in [3.05, 3.63) is 24.4 Å². The summed E-state index contributed by atoms with van der Waals surface area (Å²) >= 11 is 0. The van der Waals surface area contributed by atoms with Crippen molar-refractivity contribution < 1.29 is 18.6 Å². The fourth-order valence-corrected chi connectivity index (χ4v) is 5.43. The van der Waals surface area contributed by atoms with E-state index < -0.39 is 13.0 Å². The topological polar surface area (TPSA) is 114 Å². The molecule has 3 N–H and O–H groups in total. The highest BCUT2D eigenvalue weighted by Gasteiger charge is 2.62. The lowest BCUT2D eigenvalue weighted by Crippen LogP contribution is -2.27. The minimum atomic E-state index is -2.53. The van der Waals surface area contributed by atoms with E-state index in [4.69, 9.17) is 4.74 Å². The first-order valence-corrected chi connectivity index (χ1v) is 11.4. The molecule has 0 saturated heterocycles. The summed E-state index contributed by atoms with van der Waals surface area (Å²) in [6.07, 6.45) is 1.87. The summed E-state index contributed by atoms with van der Waals surface area (Å²) in [5, 5.41) is 22.1. The monoisotopic (exact) mass is 469 g/mol. The number of nitrogens with one attached hydrogen (secondary N) is 2. The van der Waals surface area contributed by atoms with Crippen LogP contribution in [0.25, 0.3) is 33.2 Å². The molecular formula is C23H25F2N7O2. The molecule has 2 saturated carbocycles. The van der Waals surface area contributed by atoms with Gasteiger partial charge in [-0.1, -0.05) is 18.2 Å². The van der Waals surface area contributed by atoms with Crippen LogP contribution in [-0.4, -0.2) is 60.7 Å². The van der Waals surface area contributed by atoms with E-state index in [9.17, 15) is 13.9 Å². The SMILES string of the molecule is COc1nc(N[C@H]2CC[C@@]3(C)C(C2)[C@H]3O)nc2[nH]cc(-c3ccc4nnn(CC(F)F)c4c3)c12. The van der Waals surface area contributed by atoms with E-state index in [1.54, 1.807) is 25.4 Å².